The standard InChI is InChI=1S/C13H14ClN3O/c14-10-5-3-9(4-6-10)8-12-16-13(18-17-12)11-2-1-7-15-11/h3-6,11,15H,1-2,7-8H2/t11-/m0/s1. The number of nitrogens with zero attached hydrogens (tertiary/aromatic N) is 2. The van der Waals surface area contributed by atoms with Crippen LogP contribution in [0.1, 0.15) is 36.2 Å². The number of benzene rings is 1. The summed E-state index contributed by atoms with van der Waals surface area (Å²) in [4.78, 5) is 4.44. The van der Waals surface area contributed by atoms with E-state index in [1.54, 1.807) is 0 Å². The highest BCUT2D eigenvalue weighted by Gasteiger charge is 2.22. The molecule has 0 aliphatic carbocycles. The molecule has 1 fully saturated rings. The lowest BCUT2D eigenvalue weighted by atomic mass is 10.1. The van der Waals surface area contributed by atoms with Crippen LogP contribution in [-0.4, -0.2) is 16.7 Å². The molecule has 1 saturated heterocycles. The van der Waals surface area contributed by atoms with Gasteiger partial charge in [0.25, 0.3) is 0 Å². The summed E-state index contributed by atoms with van der Waals surface area (Å²) in [6.45, 7) is 1.03. The first-order valence-electron chi connectivity index (χ1n) is 6.11. The average molecular weight is 264 g/mol. The molecule has 5 heteroatoms. The Morgan fingerprint density at radius 3 is 2.89 bits per heavy atom. The maximum Gasteiger partial charge on any atom is 0.243 e. The van der Waals surface area contributed by atoms with Crippen LogP contribution in [0.5, 0.6) is 0 Å². The number of nitrogens with one attached hydrogen (secondary N) is 1. The molecule has 4 nitrogen and oxygen atoms in total. The zero-order valence-corrected chi connectivity index (χ0v) is 10.7. The number of hydrogen-bond donors (Lipinski definition) is 1. The summed E-state index contributed by atoms with van der Waals surface area (Å²) in [5, 5.41) is 8.10. The lowest BCUT2D eigenvalue weighted by molar-refractivity contribution is 0.341. The summed E-state index contributed by atoms with van der Waals surface area (Å²) >= 11 is 5.85. The fourth-order valence-corrected chi connectivity index (χ4v) is 2.29. The van der Waals surface area contributed by atoms with E-state index in [1.165, 1.54) is 6.42 Å². The number of hydrogen-bond acceptors (Lipinski definition) is 4. The first kappa shape index (κ1) is 11.7. The third kappa shape index (κ3) is 2.54. The van der Waals surface area contributed by atoms with Crippen LogP contribution in [0, 0.1) is 0 Å². The second-order valence-electron chi connectivity index (χ2n) is 4.50. The normalized spacial score (nSPS) is 19.3. The summed E-state index contributed by atoms with van der Waals surface area (Å²) in [5.41, 5.74) is 1.13. The highest BCUT2D eigenvalue weighted by Crippen LogP contribution is 2.21. The van der Waals surface area contributed by atoms with Crippen LogP contribution in [0.15, 0.2) is 28.8 Å². The van der Waals surface area contributed by atoms with Crippen molar-refractivity contribution in [1.82, 2.24) is 15.5 Å². The minimum atomic E-state index is 0.233. The van der Waals surface area contributed by atoms with Crippen molar-refractivity contribution in [2.24, 2.45) is 0 Å². The van der Waals surface area contributed by atoms with E-state index in [2.05, 4.69) is 15.5 Å². The Morgan fingerprint density at radius 1 is 1.33 bits per heavy atom. The minimum Gasteiger partial charge on any atom is -0.338 e. The molecule has 0 bridgehead atoms. The highest BCUT2D eigenvalue weighted by molar-refractivity contribution is 6.30. The molecule has 1 aliphatic rings. The molecular weight excluding hydrogens is 250 g/mol. The van der Waals surface area contributed by atoms with Gasteiger partial charge >= 0.3 is 0 Å². The van der Waals surface area contributed by atoms with Crippen LogP contribution < -0.4 is 5.32 Å². The molecule has 0 radical (unpaired) electrons. The third-order valence-corrected chi connectivity index (χ3v) is 3.37. The van der Waals surface area contributed by atoms with Crippen molar-refractivity contribution in [2.75, 3.05) is 6.54 Å². The van der Waals surface area contributed by atoms with Gasteiger partial charge in [0, 0.05) is 11.4 Å². The van der Waals surface area contributed by atoms with Crippen LogP contribution in [0.4, 0.5) is 0 Å². The molecular formula is C13H14ClN3O. The average Bonchev–Trinajstić information content (AvgIpc) is 3.02. The lowest BCUT2D eigenvalue weighted by Gasteiger charge is -2.01. The molecule has 0 unspecified atom stereocenters. The van der Waals surface area contributed by atoms with Gasteiger partial charge in [0.1, 0.15) is 0 Å². The van der Waals surface area contributed by atoms with E-state index in [4.69, 9.17) is 16.1 Å². The smallest absolute Gasteiger partial charge is 0.243 e. The molecule has 1 aliphatic heterocycles. The molecule has 0 saturated carbocycles. The predicted molar refractivity (Wildman–Crippen MR) is 68.5 cm³/mol. The largest absolute Gasteiger partial charge is 0.338 e. The van der Waals surface area contributed by atoms with Gasteiger partial charge in [0.2, 0.25) is 5.89 Å². The van der Waals surface area contributed by atoms with E-state index in [0.29, 0.717) is 12.3 Å². The molecule has 3 rings (SSSR count). The Bertz CT molecular complexity index is 517. The second-order valence-corrected chi connectivity index (χ2v) is 4.94. The number of halogens is 1. The summed E-state index contributed by atoms with van der Waals surface area (Å²) in [6.07, 6.45) is 2.91. The highest BCUT2D eigenvalue weighted by atomic mass is 35.5. The van der Waals surface area contributed by atoms with E-state index < -0.39 is 0 Å². The van der Waals surface area contributed by atoms with Crippen molar-refractivity contribution in [3.63, 3.8) is 0 Å². The topological polar surface area (TPSA) is 51.0 Å². The summed E-state index contributed by atoms with van der Waals surface area (Å²) in [6, 6.07) is 7.93. The summed E-state index contributed by atoms with van der Waals surface area (Å²) in [5.74, 6) is 1.43. The van der Waals surface area contributed by atoms with E-state index >= 15 is 0 Å². The number of aromatic nitrogens is 2. The summed E-state index contributed by atoms with van der Waals surface area (Å²) < 4.78 is 5.29. The van der Waals surface area contributed by atoms with Crippen LogP contribution in [-0.2, 0) is 6.42 Å². The Labute approximate surface area is 110 Å². The van der Waals surface area contributed by atoms with Crippen LogP contribution in [0.3, 0.4) is 0 Å². The van der Waals surface area contributed by atoms with E-state index in [9.17, 15) is 0 Å². The zero-order valence-electron chi connectivity index (χ0n) is 9.90. The van der Waals surface area contributed by atoms with Crippen LogP contribution in [0.2, 0.25) is 5.02 Å². The minimum absolute atomic E-state index is 0.233. The van der Waals surface area contributed by atoms with Gasteiger partial charge < -0.3 is 9.84 Å². The Hall–Kier alpha value is -1.39. The van der Waals surface area contributed by atoms with Crippen molar-refractivity contribution in [3.05, 3.63) is 46.6 Å². The number of rotatable bonds is 3. The quantitative estimate of drug-likeness (QED) is 0.925. The van der Waals surface area contributed by atoms with Crippen molar-refractivity contribution < 1.29 is 4.52 Å². The van der Waals surface area contributed by atoms with Gasteiger partial charge in [-0.05, 0) is 37.1 Å². The van der Waals surface area contributed by atoms with Gasteiger partial charge in [-0.15, -0.1) is 0 Å². The molecule has 94 valence electrons. The van der Waals surface area contributed by atoms with E-state index in [1.807, 2.05) is 24.3 Å². The third-order valence-electron chi connectivity index (χ3n) is 3.12. The first-order valence-corrected chi connectivity index (χ1v) is 6.49. The molecule has 2 aromatic rings. The molecule has 2 heterocycles. The van der Waals surface area contributed by atoms with Gasteiger partial charge in [-0.1, -0.05) is 28.9 Å². The SMILES string of the molecule is Clc1ccc(Cc2noc([C@@H]3CCCN3)n2)cc1. The second kappa shape index (κ2) is 5.08. The van der Waals surface area contributed by atoms with Crippen LogP contribution >= 0.6 is 11.6 Å². The maximum atomic E-state index is 5.85. The predicted octanol–water partition coefficient (Wildman–Crippen LogP) is 2.74. The van der Waals surface area contributed by atoms with Gasteiger partial charge in [-0.25, -0.2) is 0 Å². The Kier molecular flexibility index (Phi) is 3.30. The molecule has 18 heavy (non-hydrogen) atoms. The molecule has 0 spiro atoms. The van der Waals surface area contributed by atoms with Crippen LogP contribution in [0.25, 0.3) is 0 Å². The van der Waals surface area contributed by atoms with Gasteiger partial charge in [0.05, 0.1) is 6.04 Å². The monoisotopic (exact) mass is 263 g/mol. The molecule has 1 aromatic carbocycles. The van der Waals surface area contributed by atoms with Crippen molar-refractivity contribution in [3.8, 4) is 0 Å². The van der Waals surface area contributed by atoms with Crippen molar-refractivity contribution in [1.29, 1.82) is 0 Å². The van der Waals surface area contributed by atoms with E-state index in [0.717, 1.165) is 29.4 Å². The van der Waals surface area contributed by atoms with Gasteiger partial charge in [-0.2, -0.15) is 4.98 Å². The zero-order chi connectivity index (χ0) is 12.4. The van der Waals surface area contributed by atoms with Crippen molar-refractivity contribution >= 4 is 11.6 Å². The fraction of sp³-hybridized carbons (Fsp3) is 0.385. The lowest BCUT2D eigenvalue weighted by Crippen LogP contribution is -2.13. The Morgan fingerprint density at radius 2 is 2.17 bits per heavy atom. The maximum absolute atomic E-state index is 5.85. The van der Waals surface area contributed by atoms with Crippen molar-refractivity contribution in [2.45, 2.75) is 25.3 Å². The Balaban J connectivity index is 1.71. The van der Waals surface area contributed by atoms with Gasteiger partial charge in [-0.3, -0.25) is 0 Å². The van der Waals surface area contributed by atoms with E-state index in [-0.39, 0.29) is 6.04 Å². The molecule has 0 amide bonds. The summed E-state index contributed by atoms with van der Waals surface area (Å²) in [7, 11) is 0. The molecule has 1 atom stereocenters. The molecule has 1 N–H and O–H groups in total. The molecule has 1 aromatic heterocycles. The fourth-order valence-electron chi connectivity index (χ4n) is 2.16. The first-order chi connectivity index (χ1) is 8.81. The van der Waals surface area contributed by atoms with Gasteiger partial charge in [0.15, 0.2) is 5.82 Å².